The highest BCUT2D eigenvalue weighted by molar-refractivity contribution is 7.98. The standard InChI is InChI=1S/C24H26N4O3S/c1-16(2)30-13-7-12-28-23(29)19-10-4-5-11-20(19)25-24(28)32-15-21-26-22(31-27-21)18-9-6-8-17(3)14-18/h4-6,8-11,14,16H,7,12-13,15H2,1-3H3. The van der Waals surface area contributed by atoms with Crippen LogP contribution in [0.1, 0.15) is 31.7 Å². The molecular formula is C24H26N4O3S. The lowest BCUT2D eigenvalue weighted by Gasteiger charge is -2.13. The Morgan fingerprint density at radius 3 is 2.78 bits per heavy atom. The lowest BCUT2D eigenvalue weighted by atomic mass is 10.1. The fourth-order valence-corrected chi connectivity index (χ4v) is 4.20. The molecule has 0 aliphatic heterocycles. The quantitative estimate of drug-likeness (QED) is 0.204. The number of benzene rings is 2. The van der Waals surface area contributed by atoms with Crippen molar-refractivity contribution in [2.75, 3.05) is 6.61 Å². The summed E-state index contributed by atoms with van der Waals surface area (Å²) >= 11 is 1.43. The van der Waals surface area contributed by atoms with Gasteiger partial charge in [-0.2, -0.15) is 4.98 Å². The number of aryl methyl sites for hydroxylation is 1. The third-order valence-electron chi connectivity index (χ3n) is 4.87. The molecule has 0 aliphatic rings. The van der Waals surface area contributed by atoms with Crippen LogP contribution in [0.2, 0.25) is 0 Å². The topological polar surface area (TPSA) is 83.0 Å². The van der Waals surface area contributed by atoms with Gasteiger partial charge in [-0.25, -0.2) is 4.98 Å². The van der Waals surface area contributed by atoms with Gasteiger partial charge in [0.25, 0.3) is 11.4 Å². The first-order chi connectivity index (χ1) is 15.5. The smallest absolute Gasteiger partial charge is 0.262 e. The molecule has 0 saturated heterocycles. The first-order valence-electron chi connectivity index (χ1n) is 10.6. The van der Waals surface area contributed by atoms with Crippen LogP contribution in [0.15, 0.2) is 63.0 Å². The molecule has 0 amide bonds. The van der Waals surface area contributed by atoms with E-state index in [1.54, 1.807) is 4.57 Å². The average Bonchev–Trinajstić information content (AvgIpc) is 3.26. The van der Waals surface area contributed by atoms with Crippen molar-refractivity contribution >= 4 is 22.7 Å². The molecule has 4 aromatic rings. The molecule has 2 aromatic carbocycles. The fourth-order valence-electron chi connectivity index (χ4n) is 3.33. The van der Waals surface area contributed by atoms with Gasteiger partial charge in [-0.05, 0) is 51.5 Å². The Labute approximate surface area is 190 Å². The Hall–Kier alpha value is -2.97. The molecule has 32 heavy (non-hydrogen) atoms. The highest BCUT2D eigenvalue weighted by Crippen LogP contribution is 2.24. The second-order valence-corrected chi connectivity index (χ2v) is 8.76. The first kappa shape index (κ1) is 22.2. The van der Waals surface area contributed by atoms with Crippen LogP contribution in [0.5, 0.6) is 0 Å². The van der Waals surface area contributed by atoms with Crippen molar-refractivity contribution in [1.29, 1.82) is 0 Å². The van der Waals surface area contributed by atoms with E-state index < -0.39 is 0 Å². The number of aromatic nitrogens is 4. The Balaban J connectivity index is 1.55. The van der Waals surface area contributed by atoms with E-state index in [4.69, 9.17) is 14.2 Å². The van der Waals surface area contributed by atoms with Gasteiger partial charge in [-0.3, -0.25) is 9.36 Å². The van der Waals surface area contributed by atoms with Crippen LogP contribution in [-0.2, 0) is 17.0 Å². The Bertz CT molecular complexity index is 1270. The molecule has 0 bridgehead atoms. The molecule has 0 spiro atoms. The third kappa shape index (κ3) is 5.26. The average molecular weight is 451 g/mol. The summed E-state index contributed by atoms with van der Waals surface area (Å²) < 4.78 is 12.8. The number of para-hydroxylation sites is 1. The molecule has 166 valence electrons. The summed E-state index contributed by atoms with van der Waals surface area (Å²) in [6.45, 7) is 7.15. The summed E-state index contributed by atoms with van der Waals surface area (Å²) in [7, 11) is 0. The van der Waals surface area contributed by atoms with Crippen molar-refractivity contribution in [3.8, 4) is 11.5 Å². The number of hydrogen-bond donors (Lipinski definition) is 0. The van der Waals surface area contributed by atoms with Crippen LogP contribution < -0.4 is 5.56 Å². The third-order valence-corrected chi connectivity index (χ3v) is 5.84. The zero-order valence-electron chi connectivity index (χ0n) is 18.4. The van der Waals surface area contributed by atoms with E-state index in [0.717, 1.165) is 17.5 Å². The van der Waals surface area contributed by atoms with Crippen LogP contribution in [0.3, 0.4) is 0 Å². The molecule has 2 heterocycles. The molecule has 0 fully saturated rings. The van der Waals surface area contributed by atoms with Crippen molar-refractivity contribution in [2.24, 2.45) is 0 Å². The van der Waals surface area contributed by atoms with Crippen molar-refractivity contribution < 1.29 is 9.26 Å². The van der Waals surface area contributed by atoms with E-state index in [9.17, 15) is 4.79 Å². The summed E-state index contributed by atoms with van der Waals surface area (Å²) in [6.07, 6.45) is 0.891. The minimum Gasteiger partial charge on any atom is -0.379 e. The number of nitrogens with zero attached hydrogens (tertiary/aromatic N) is 4. The Kier molecular flexibility index (Phi) is 7.02. The number of hydrogen-bond acceptors (Lipinski definition) is 7. The van der Waals surface area contributed by atoms with Crippen molar-refractivity contribution in [1.82, 2.24) is 19.7 Å². The second kappa shape index (κ2) is 10.1. The summed E-state index contributed by atoms with van der Waals surface area (Å²) in [5.74, 6) is 1.49. The Morgan fingerprint density at radius 1 is 1.12 bits per heavy atom. The van der Waals surface area contributed by atoms with Gasteiger partial charge in [-0.1, -0.05) is 46.7 Å². The molecular weight excluding hydrogens is 424 g/mol. The van der Waals surface area contributed by atoms with Gasteiger partial charge in [0.2, 0.25) is 0 Å². The van der Waals surface area contributed by atoms with Crippen molar-refractivity contribution in [2.45, 2.75) is 50.8 Å². The van der Waals surface area contributed by atoms with E-state index >= 15 is 0 Å². The summed E-state index contributed by atoms with van der Waals surface area (Å²) in [5.41, 5.74) is 2.65. The molecule has 0 aliphatic carbocycles. The summed E-state index contributed by atoms with van der Waals surface area (Å²) in [4.78, 5) is 22.4. The van der Waals surface area contributed by atoms with Crippen LogP contribution >= 0.6 is 11.8 Å². The number of rotatable bonds is 9. The minimum atomic E-state index is -0.0452. The highest BCUT2D eigenvalue weighted by atomic mass is 32.2. The lowest BCUT2D eigenvalue weighted by molar-refractivity contribution is 0.0743. The van der Waals surface area contributed by atoms with E-state index in [1.807, 2.05) is 69.3 Å². The van der Waals surface area contributed by atoms with Gasteiger partial charge in [0, 0.05) is 18.7 Å². The lowest BCUT2D eigenvalue weighted by Crippen LogP contribution is -2.24. The normalized spacial score (nSPS) is 11.5. The second-order valence-electron chi connectivity index (χ2n) is 7.82. The molecule has 8 heteroatoms. The molecule has 0 radical (unpaired) electrons. The van der Waals surface area contributed by atoms with Crippen LogP contribution in [0.4, 0.5) is 0 Å². The molecule has 0 N–H and O–H groups in total. The van der Waals surface area contributed by atoms with Gasteiger partial charge in [0.05, 0.1) is 22.8 Å². The molecule has 7 nitrogen and oxygen atoms in total. The predicted octanol–water partition coefficient (Wildman–Crippen LogP) is 4.86. The van der Waals surface area contributed by atoms with Crippen molar-refractivity contribution in [3.63, 3.8) is 0 Å². The van der Waals surface area contributed by atoms with Crippen LogP contribution in [0.25, 0.3) is 22.4 Å². The number of fused-ring (bicyclic) bond motifs is 1. The SMILES string of the molecule is Cc1cccc(-c2nc(CSc3nc4ccccc4c(=O)n3CCCOC(C)C)no2)c1. The molecule has 4 rings (SSSR count). The fraction of sp³-hybridized carbons (Fsp3) is 0.333. The van der Waals surface area contributed by atoms with Gasteiger partial charge in [0.15, 0.2) is 11.0 Å². The number of thioether (sulfide) groups is 1. The van der Waals surface area contributed by atoms with Gasteiger partial charge in [-0.15, -0.1) is 0 Å². The molecule has 0 atom stereocenters. The van der Waals surface area contributed by atoms with Gasteiger partial charge in [0.1, 0.15) is 0 Å². The minimum absolute atomic E-state index is 0.0452. The van der Waals surface area contributed by atoms with Gasteiger partial charge >= 0.3 is 0 Å². The van der Waals surface area contributed by atoms with E-state index in [0.29, 0.717) is 46.7 Å². The Morgan fingerprint density at radius 2 is 1.97 bits per heavy atom. The molecule has 0 unspecified atom stereocenters. The highest BCUT2D eigenvalue weighted by Gasteiger charge is 2.14. The molecule has 2 aromatic heterocycles. The zero-order chi connectivity index (χ0) is 22.5. The maximum absolute atomic E-state index is 13.1. The van der Waals surface area contributed by atoms with Crippen LogP contribution in [0, 0.1) is 6.92 Å². The summed E-state index contributed by atoms with van der Waals surface area (Å²) in [5, 5.41) is 5.36. The van der Waals surface area contributed by atoms with E-state index in [2.05, 4.69) is 10.1 Å². The van der Waals surface area contributed by atoms with E-state index in [-0.39, 0.29) is 11.7 Å². The van der Waals surface area contributed by atoms with E-state index in [1.165, 1.54) is 11.8 Å². The maximum Gasteiger partial charge on any atom is 0.262 e. The first-order valence-corrected chi connectivity index (χ1v) is 11.6. The largest absolute Gasteiger partial charge is 0.379 e. The van der Waals surface area contributed by atoms with Crippen LogP contribution in [-0.4, -0.2) is 32.4 Å². The van der Waals surface area contributed by atoms with Gasteiger partial charge < -0.3 is 9.26 Å². The zero-order valence-corrected chi connectivity index (χ0v) is 19.3. The monoisotopic (exact) mass is 450 g/mol. The maximum atomic E-state index is 13.1. The number of ether oxygens (including phenoxy) is 1. The predicted molar refractivity (Wildman–Crippen MR) is 126 cm³/mol. The summed E-state index contributed by atoms with van der Waals surface area (Å²) in [6, 6.07) is 15.3. The molecule has 0 saturated carbocycles. The van der Waals surface area contributed by atoms with Crippen molar-refractivity contribution in [3.05, 3.63) is 70.3 Å².